The number of rotatable bonds is 1. The Bertz CT molecular complexity index is 658. The maximum atomic E-state index is 10.9. The lowest BCUT2D eigenvalue weighted by atomic mass is 10.1. The highest BCUT2D eigenvalue weighted by atomic mass is 16.1. The molecule has 0 fully saturated rings. The lowest BCUT2D eigenvalue weighted by Gasteiger charge is -2.02. The highest BCUT2D eigenvalue weighted by Crippen LogP contribution is 2.05. The van der Waals surface area contributed by atoms with Crippen LogP contribution in [0.15, 0.2) is 34.0 Å². The van der Waals surface area contributed by atoms with Gasteiger partial charge in [-0.2, -0.15) is 0 Å². The van der Waals surface area contributed by atoms with Gasteiger partial charge in [0.25, 0.3) is 11.1 Å². The van der Waals surface area contributed by atoms with Crippen LogP contribution in [0.2, 0.25) is 0 Å². The van der Waals surface area contributed by atoms with Crippen LogP contribution >= 0.6 is 0 Å². The monoisotopic (exact) mass is 262 g/mol. The number of H-pyrrole nitrogens is 2. The normalized spacial score (nSPS) is 9.58. The van der Waals surface area contributed by atoms with E-state index in [1.54, 1.807) is 24.4 Å². The van der Waals surface area contributed by atoms with Gasteiger partial charge in [0, 0.05) is 11.9 Å². The van der Waals surface area contributed by atoms with Crippen molar-refractivity contribution in [2.75, 3.05) is 11.5 Å². The van der Waals surface area contributed by atoms with Gasteiger partial charge in [-0.25, -0.2) is 0 Å². The average molecular weight is 262 g/mol. The zero-order valence-corrected chi connectivity index (χ0v) is 11.0. The first-order valence-electron chi connectivity index (χ1n) is 5.87. The van der Waals surface area contributed by atoms with E-state index in [0.717, 1.165) is 17.7 Å². The fourth-order valence-corrected chi connectivity index (χ4v) is 1.49. The molecule has 0 unspecified atom stereocenters. The third-order valence-corrected chi connectivity index (χ3v) is 2.60. The second-order valence-corrected chi connectivity index (χ2v) is 4.01. The predicted octanol–water partition coefficient (Wildman–Crippen LogP) is 0.785. The summed E-state index contributed by atoms with van der Waals surface area (Å²) in [4.78, 5) is 26.5. The molecule has 0 aliphatic heterocycles. The van der Waals surface area contributed by atoms with Gasteiger partial charge in [0.05, 0.1) is 11.4 Å². The Morgan fingerprint density at radius 3 is 2.32 bits per heavy atom. The molecule has 6 heteroatoms. The number of aryl methyl sites for hydroxylation is 2. The molecule has 2 heterocycles. The maximum Gasteiger partial charge on any atom is 0.271 e. The summed E-state index contributed by atoms with van der Waals surface area (Å²) < 4.78 is 0. The van der Waals surface area contributed by atoms with Gasteiger partial charge in [-0.1, -0.05) is 6.92 Å². The standard InChI is InChI=1S/C8H12N2O.C5H6N2O/c1-3-6-4-7(9)8(11)10-5(6)2;6-4-2-1-3-7-5(4)8/h4H,3,9H2,1-2H3,(H,10,11);1-3H,6H2,(H,7,8). The Hall–Kier alpha value is -2.50. The van der Waals surface area contributed by atoms with Gasteiger partial charge >= 0.3 is 0 Å². The molecule has 0 radical (unpaired) electrons. The molecule has 0 spiro atoms. The summed E-state index contributed by atoms with van der Waals surface area (Å²) in [5, 5.41) is 0. The van der Waals surface area contributed by atoms with Crippen LogP contribution in [-0.2, 0) is 6.42 Å². The van der Waals surface area contributed by atoms with Gasteiger partial charge < -0.3 is 21.4 Å². The van der Waals surface area contributed by atoms with Crippen molar-refractivity contribution in [1.82, 2.24) is 9.97 Å². The van der Waals surface area contributed by atoms with Crippen LogP contribution in [-0.4, -0.2) is 9.97 Å². The highest BCUT2D eigenvalue weighted by molar-refractivity contribution is 5.39. The molecule has 2 aromatic rings. The minimum atomic E-state index is -0.229. The lowest BCUT2D eigenvalue weighted by Crippen LogP contribution is -2.13. The summed E-state index contributed by atoms with van der Waals surface area (Å²) in [5.41, 5.74) is 12.7. The number of nitrogen functional groups attached to an aromatic ring is 2. The maximum absolute atomic E-state index is 10.9. The first-order chi connectivity index (χ1) is 8.95. The fraction of sp³-hybridized carbons (Fsp3) is 0.231. The quantitative estimate of drug-likeness (QED) is 0.607. The van der Waals surface area contributed by atoms with E-state index in [1.807, 2.05) is 13.8 Å². The van der Waals surface area contributed by atoms with Gasteiger partial charge in [0.2, 0.25) is 0 Å². The molecule has 0 bridgehead atoms. The second-order valence-electron chi connectivity index (χ2n) is 4.01. The van der Waals surface area contributed by atoms with E-state index in [2.05, 4.69) is 9.97 Å². The van der Waals surface area contributed by atoms with Crippen molar-refractivity contribution in [3.05, 3.63) is 56.4 Å². The van der Waals surface area contributed by atoms with Crippen LogP contribution < -0.4 is 22.6 Å². The van der Waals surface area contributed by atoms with Crippen molar-refractivity contribution in [2.24, 2.45) is 0 Å². The number of nitrogens with one attached hydrogen (secondary N) is 2. The van der Waals surface area contributed by atoms with Crippen LogP contribution in [0.25, 0.3) is 0 Å². The van der Waals surface area contributed by atoms with Crippen LogP contribution in [0.3, 0.4) is 0 Å². The van der Waals surface area contributed by atoms with Gasteiger partial charge in [-0.15, -0.1) is 0 Å². The van der Waals surface area contributed by atoms with Crippen LogP contribution in [0, 0.1) is 6.92 Å². The molecule has 2 aromatic heterocycles. The van der Waals surface area contributed by atoms with Crippen molar-refractivity contribution in [2.45, 2.75) is 20.3 Å². The number of anilines is 2. The van der Waals surface area contributed by atoms with Crippen molar-refractivity contribution in [1.29, 1.82) is 0 Å². The number of aromatic amines is 2. The van der Waals surface area contributed by atoms with Crippen molar-refractivity contribution in [3.8, 4) is 0 Å². The zero-order valence-electron chi connectivity index (χ0n) is 11.0. The van der Waals surface area contributed by atoms with Crippen molar-refractivity contribution < 1.29 is 0 Å². The third-order valence-electron chi connectivity index (χ3n) is 2.60. The van der Waals surface area contributed by atoms with Gasteiger partial charge in [-0.05, 0) is 37.1 Å². The summed E-state index contributed by atoms with van der Waals surface area (Å²) >= 11 is 0. The summed E-state index contributed by atoms with van der Waals surface area (Å²) in [7, 11) is 0. The predicted molar refractivity (Wildman–Crippen MR) is 77.1 cm³/mol. The second kappa shape index (κ2) is 6.44. The van der Waals surface area contributed by atoms with E-state index >= 15 is 0 Å². The Labute approximate surface area is 110 Å². The third kappa shape index (κ3) is 4.02. The van der Waals surface area contributed by atoms with E-state index in [9.17, 15) is 9.59 Å². The molecule has 0 aliphatic rings. The van der Waals surface area contributed by atoms with Crippen LogP contribution in [0.1, 0.15) is 18.2 Å². The molecule has 2 rings (SSSR count). The number of hydrogen-bond acceptors (Lipinski definition) is 4. The smallest absolute Gasteiger partial charge is 0.271 e. The number of pyridine rings is 2. The molecule has 102 valence electrons. The molecule has 0 aromatic carbocycles. The van der Waals surface area contributed by atoms with Gasteiger partial charge in [-0.3, -0.25) is 9.59 Å². The summed E-state index contributed by atoms with van der Waals surface area (Å²) in [5.74, 6) is 0. The van der Waals surface area contributed by atoms with Crippen molar-refractivity contribution in [3.63, 3.8) is 0 Å². The molecule has 0 saturated carbocycles. The van der Waals surface area contributed by atoms with E-state index in [1.165, 1.54) is 0 Å². The Morgan fingerprint density at radius 2 is 1.84 bits per heavy atom. The topological polar surface area (TPSA) is 118 Å². The minimum Gasteiger partial charge on any atom is -0.394 e. The summed E-state index contributed by atoms with van der Waals surface area (Å²) in [6.07, 6.45) is 2.44. The van der Waals surface area contributed by atoms with E-state index in [0.29, 0.717) is 5.69 Å². The highest BCUT2D eigenvalue weighted by Gasteiger charge is 1.99. The number of nitrogens with two attached hydrogens (primary N) is 2. The SMILES string of the molecule is CCc1cc(N)c(=O)[nH]c1C.Nc1ccc[nH]c1=O. The first kappa shape index (κ1) is 14.6. The summed E-state index contributed by atoms with van der Waals surface area (Å²) in [6.45, 7) is 3.90. The van der Waals surface area contributed by atoms with E-state index < -0.39 is 0 Å². The molecule has 0 amide bonds. The molecule has 6 N–H and O–H groups in total. The van der Waals surface area contributed by atoms with Crippen LogP contribution in [0.5, 0.6) is 0 Å². The number of hydrogen-bond donors (Lipinski definition) is 4. The zero-order chi connectivity index (χ0) is 14.4. The minimum absolute atomic E-state index is 0.195. The van der Waals surface area contributed by atoms with Crippen LogP contribution in [0.4, 0.5) is 11.4 Å². The fourth-order valence-electron chi connectivity index (χ4n) is 1.49. The average Bonchev–Trinajstić information content (AvgIpc) is 2.38. The molecule has 0 saturated heterocycles. The number of aromatic nitrogens is 2. The molecule has 0 aliphatic carbocycles. The lowest BCUT2D eigenvalue weighted by molar-refractivity contribution is 1.03. The Balaban J connectivity index is 0.000000200. The molecule has 19 heavy (non-hydrogen) atoms. The van der Waals surface area contributed by atoms with E-state index in [4.69, 9.17) is 11.5 Å². The molecule has 0 atom stereocenters. The van der Waals surface area contributed by atoms with Gasteiger partial charge in [0.15, 0.2) is 0 Å². The van der Waals surface area contributed by atoms with E-state index in [-0.39, 0.29) is 16.8 Å². The largest absolute Gasteiger partial charge is 0.394 e. The molecule has 6 nitrogen and oxygen atoms in total. The summed E-state index contributed by atoms with van der Waals surface area (Å²) in [6, 6.07) is 4.96. The molecular formula is C13H18N4O2. The molecular weight excluding hydrogens is 244 g/mol. The van der Waals surface area contributed by atoms with Crippen molar-refractivity contribution >= 4 is 11.4 Å². The Kier molecular flexibility index (Phi) is 4.93. The Morgan fingerprint density at radius 1 is 1.16 bits per heavy atom. The first-order valence-corrected chi connectivity index (χ1v) is 5.87. The van der Waals surface area contributed by atoms with Gasteiger partial charge in [0.1, 0.15) is 0 Å².